The van der Waals surface area contributed by atoms with Gasteiger partial charge in [0.1, 0.15) is 0 Å². The number of carbonyl (C=O) groups excluding carboxylic acids is 1. The molecule has 1 rings (SSSR count). The fourth-order valence-corrected chi connectivity index (χ4v) is 2.00. The van der Waals surface area contributed by atoms with Gasteiger partial charge in [0.15, 0.2) is 0 Å². The van der Waals surface area contributed by atoms with Crippen LogP contribution >= 0.6 is 0 Å². The second-order valence-corrected chi connectivity index (χ2v) is 5.42. The molecule has 0 saturated carbocycles. The normalized spacial score (nSPS) is 11.9. The number of unbranched alkanes of at least 4 members (excludes halogenated alkanes) is 3. The van der Waals surface area contributed by atoms with Crippen molar-refractivity contribution in [3.05, 3.63) is 29.8 Å². The van der Waals surface area contributed by atoms with Crippen LogP contribution in [0.4, 0.5) is 10.5 Å². The quantitative estimate of drug-likeness (QED) is 0.662. The summed E-state index contributed by atoms with van der Waals surface area (Å²) in [6.45, 7) is 6.28. The summed E-state index contributed by atoms with van der Waals surface area (Å²) in [4.78, 5) is 11.7. The van der Waals surface area contributed by atoms with Gasteiger partial charge in [0.25, 0.3) is 0 Å². The van der Waals surface area contributed by atoms with Crippen LogP contribution in [0.15, 0.2) is 24.3 Å². The fourth-order valence-electron chi connectivity index (χ4n) is 2.00. The molecule has 0 aliphatic heterocycles. The summed E-state index contributed by atoms with van der Waals surface area (Å²) in [5, 5.41) is 5.75. The summed E-state index contributed by atoms with van der Waals surface area (Å²) in [5.74, 6) is 0. The maximum atomic E-state index is 11.7. The smallest absolute Gasteiger partial charge is 0.319 e. The van der Waals surface area contributed by atoms with Gasteiger partial charge in [-0.25, -0.2) is 4.79 Å². The lowest BCUT2D eigenvalue weighted by Gasteiger charge is -2.12. The number of benzene rings is 1. The third-order valence-electron chi connectivity index (χ3n) is 3.52. The maximum absolute atomic E-state index is 11.7. The third-order valence-corrected chi connectivity index (χ3v) is 3.52. The molecule has 112 valence electrons. The number of anilines is 1. The Morgan fingerprint density at radius 1 is 1.10 bits per heavy atom. The summed E-state index contributed by atoms with van der Waals surface area (Å²) in [6.07, 6.45) is 7.19. The molecule has 0 heterocycles. The largest absolute Gasteiger partial charge is 0.335 e. The molecule has 0 aromatic heterocycles. The van der Waals surface area contributed by atoms with Crippen molar-refractivity contribution in [3.63, 3.8) is 0 Å². The van der Waals surface area contributed by atoms with Gasteiger partial charge in [-0.3, -0.25) is 0 Å². The fraction of sp³-hybridized carbons (Fsp3) is 0.588. The van der Waals surface area contributed by atoms with Gasteiger partial charge < -0.3 is 10.6 Å². The van der Waals surface area contributed by atoms with Gasteiger partial charge in [0.05, 0.1) is 0 Å². The van der Waals surface area contributed by atoms with E-state index in [0.717, 1.165) is 18.5 Å². The van der Waals surface area contributed by atoms with Crippen LogP contribution in [-0.2, 0) is 6.42 Å². The molecule has 0 aliphatic carbocycles. The van der Waals surface area contributed by atoms with Gasteiger partial charge in [0.2, 0.25) is 0 Å². The van der Waals surface area contributed by atoms with Crippen LogP contribution in [0, 0.1) is 0 Å². The summed E-state index contributed by atoms with van der Waals surface area (Å²) in [6, 6.07) is 8.23. The number of hydrogen-bond donors (Lipinski definition) is 2. The molecule has 0 unspecified atom stereocenters. The average molecular weight is 276 g/mol. The molecular formula is C17H28N2O. The molecule has 0 saturated heterocycles. The van der Waals surface area contributed by atoms with E-state index in [1.807, 2.05) is 19.1 Å². The molecule has 1 aromatic carbocycles. The van der Waals surface area contributed by atoms with E-state index in [1.165, 1.54) is 31.2 Å². The van der Waals surface area contributed by atoms with E-state index in [1.54, 1.807) is 0 Å². The van der Waals surface area contributed by atoms with E-state index in [-0.39, 0.29) is 12.1 Å². The van der Waals surface area contributed by atoms with Crippen molar-refractivity contribution >= 4 is 11.7 Å². The van der Waals surface area contributed by atoms with E-state index in [4.69, 9.17) is 0 Å². The Labute approximate surface area is 123 Å². The Hall–Kier alpha value is -1.51. The minimum Gasteiger partial charge on any atom is -0.335 e. The highest BCUT2D eigenvalue weighted by atomic mass is 16.2. The maximum Gasteiger partial charge on any atom is 0.319 e. The number of aryl methyl sites for hydroxylation is 1. The van der Waals surface area contributed by atoms with E-state index < -0.39 is 0 Å². The molecule has 0 radical (unpaired) electrons. The monoisotopic (exact) mass is 276 g/mol. The predicted octanol–water partition coefficient (Wildman–Crippen LogP) is 4.73. The lowest BCUT2D eigenvalue weighted by atomic mass is 10.1. The Balaban J connectivity index is 2.36. The standard InChI is InChI=1S/C17H28N2O/c1-4-6-7-8-9-15-10-12-16(13-11-15)19-17(20)18-14(3)5-2/h10-14H,4-9H2,1-3H3,(H2,18,19,20)/t14-/m1/s1. The minimum atomic E-state index is -0.130. The van der Waals surface area contributed by atoms with Crippen LogP contribution in [0.3, 0.4) is 0 Å². The van der Waals surface area contributed by atoms with Crippen molar-refractivity contribution in [2.24, 2.45) is 0 Å². The van der Waals surface area contributed by atoms with Crippen molar-refractivity contribution in [3.8, 4) is 0 Å². The Morgan fingerprint density at radius 3 is 2.40 bits per heavy atom. The van der Waals surface area contributed by atoms with Crippen molar-refractivity contribution in [1.29, 1.82) is 0 Å². The number of hydrogen-bond acceptors (Lipinski definition) is 1. The molecule has 0 spiro atoms. The van der Waals surface area contributed by atoms with E-state index in [0.29, 0.717) is 0 Å². The van der Waals surface area contributed by atoms with Crippen LogP contribution < -0.4 is 10.6 Å². The highest BCUT2D eigenvalue weighted by Gasteiger charge is 2.05. The van der Waals surface area contributed by atoms with Crippen LogP contribution in [-0.4, -0.2) is 12.1 Å². The van der Waals surface area contributed by atoms with E-state index >= 15 is 0 Å². The van der Waals surface area contributed by atoms with Crippen molar-refractivity contribution in [2.45, 2.75) is 65.3 Å². The average Bonchev–Trinajstić information content (AvgIpc) is 2.45. The summed E-state index contributed by atoms with van der Waals surface area (Å²) in [5.41, 5.74) is 2.19. The van der Waals surface area contributed by atoms with E-state index in [2.05, 4.69) is 36.6 Å². The first-order chi connectivity index (χ1) is 9.65. The van der Waals surface area contributed by atoms with Gasteiger partial charge >= 0.3 is 6.03 Å². The molecule has 0 aliphatic rings. The summed E-state index contributed by atoms with van der Waals surface area (Å²) < 4.78 is 0. The van der Waals surface area contributed by atoms with Crippen LogP contribution in [0.5, 0.6) is 0 Å². The third kappa shape index (κ3) is 6.60. The molecular weight excluding hydrogens is 248 g/mol. The zero-order valence-electron chi connectivity index (χ0n) is 13.0. The number of urea groups is 1. The van der Waals surface area contributed by atoms with Gasteiger partial charge in [-0.2, -0.15) is 0 Å². The van der Waals surface area contributed by atoms with Gasteiger partial charge in [-0.15, -0.1) is 0 Å². The first kappa shape index (κ1) is 16.5. The second kappa shape index (κ2) is 9.40. The molecule has 2 amide bonds. The zero-order valence-corrected chi connectivity index (χ0v) is 13.0. The van der Waals surface area contributed by atoms with Gasteiger partial charge in [-0.05, 0) is 43.9 Å². The molecule has 1 atom stereocenters. The molecule has 20 heavy (non-hydrogen) atoms. The summed E-state index contributed by atoms with van der Waals surface area (Å²) in [7, 11) is 0. The van der Waals surface area contributed by atoms with Crippen LogP contribution in [0.1, 0.15) is 58.4 Å². The highest BCUT2D eigenvalue weighted by molar-refractivity contribution is 5.89. The molecule has 0 fully saturated rings. The number of carbonyl (C=O) groups is 1. The Morgan fingerprint density at radius 2 is 1.80 bits per heavy atom. The number of nitrogens with one attached hydrogen (secondary N) is 2. The predicted molar refractivity (Wildman–Crippen MR) is 86.2 cm³/mol. The van der Waals surface area contributed by atoms with Crippen molar-refractivity contribution in [1.82, 2.24) is 5.32 Å². The molecule has 0 bridgehead atoms. The molecule has 1 aromatic rings. The molecule has 3 nitrogen and oxygen atoms in total. The first-order valence-electron chi connectivity index (χ1n) is 7.82. The molecule has 3 heteroatoms. The lowest BCUT2D eigenvalue weighted by Crippen LogP contribution is -2.35. The Kier molecular flexibility index (Phi) is 7.78. The highest BCUT2D eigenvalue weighted by Crippen LogP contribution is 2.12. The minimum absolute atomic E-state index is 0.130. The number of amides is 2. The van der Waals surface area contributed by atoms with Crippen molar-refractivity contribution in [2.75, 3.05) is 5.32 Å². The second-order valence-electron chi connectivity index (χ2n) is 5.42. The Bertz CT molecular complexity index is 386. The molecule has 2 N–H and O–H groups in total. The van der Waals surface area contributed by atoms with E-state index in [9.17, 15) is 4.79 Å². The SMILES string of the molecule is CCCCCCc1ccc(NC(=O)N[C@H](C)CC)cc1. The topological polar surface area (TPSA) is 41.1 Å². The zero-order chi connectivity index (χ0) is 14.8. The lowest BCUT2D eigenvalue weighted by molar-refractivity contribution is 0.249. The van der Waals surface area contributed by atoms with Gasteiger partial charge in [-0.1, -0.05) is 45.2 Å². The van der Waals surface area contributed by atoms with Gasteiger partial charge in [0, 0.05) is 11.7 Å². The van der Waals surface area contributed by atoms with Crippen LogP contribution in [0.25, 0.3) is 0 Å². The number of rotatable bonds is 8. The summed E-state index contributed by atoms with van der Waals surface area (Å²) >= 11 is 0. The van der Waals surface area contributed by atoms with Crippen molar-refractivity contribution < 1.29 is 4.79 Å². The van der Waals surface area contributed by atoms with Crippen LogP contribution in [0.2, 0.25) is 0 Å². The first-order valence-corrected chi connectivity index (χ1v) is 7.82.